The number of nitrogens with two attached hydrogens (primary N) is 1. The number of thioether (sulfide) groups is 1. The Hall–Kier alpha value is -2.62. The van der Waals surface area contributed by atoms with Crippen LogP contribution in [0.4, 0.5) is 5.69 Å². The van der Waals surface area contributed by atoms with Crippen LogP contribution < -0.4 is 11.1 Å². The summed E-state index contributed by atoms with van der Waals surface area (Å²) in [6, 6.07) is 3.89. The Labute approximate surface area is 166 Å². The maximum Gasteiger partial charge on any atom is 0.317 e. The van der Waals surface area contributed by atoms with E-state index in [9.17, 15) is 24.5 Å². The zero-order valence-electron chi connectivity index (χ0n) is 15.5. The molecule has 0 heterocycles. The van der Waals surface area contributed by atoms with E-state index in [1.807, 2.05) is 0 Å². The molecule has 0 aromatic heterocycles. The van der Waals surface area contributed by atoms with E-state index in [2.05, 4.69) is 5.32 Å². The number of hydrogen-bond acceptors (Lipinski definition) is 7. The first kappa shape index (κ1) is 21.7. The molecule has 0 spiro atoms. The third-order valence-corrected chi connectivity index (χ3v) is 5.45. The molecule has 0 radical (unpaired) electrons. The first-order valence-electron chi connectivity index (χ1n) is 8.99. The molecule has 1 aromatic rings. The number of amides is 2. The van der Waals surface area contributed by atoms with E-state index in [4.69, 9.17) is 10.5 Å². The van der Waals surface area contributed by atoms with Gasteiger partial charge in [-0.05, 0) is 31.9 Å². The van der Waals surface area contributed by atoms with Gasteiger partial charge in [0, 0.05) is 17.7 Å². The van der Waals surface area contributed by atoms with E-state index in [0.717, 1.165) is 43.5 Å². The van der Waals surface area contributed by atoms with Crippen LogP contribution in [0.1, 0.15) is 49.4 Å². The van der Waals surface area contributed by atoms with E-state index in [1.165, 1.54) is 25.5 Å². The Morgan fingerprint density at radius 2 is 2.00 bits per heavy atom. The summed E-state index contributed by atoms with van der Waals surface area (Å²) in [6.07, 6.45) is 4.22. The van der Waals surface area contributed by atoms with Gasteiger partial charge in [0.15, 0.2) is 6.10 Å². The lowest BCUT2D eigenvalue weighted by molar-refractivity contribution is -0.387. The molecule has 152 valence electrons. The van der Waals surface area contributed by atoms with Crippen molar-refractivity contribution in [1.82, 2.24) is 5.32 Å². The number of nitro benzene ring substituents is 1. The second-order valence-electron chi connectivity index (χ2n) is 6.57. The van der Waals surface area contributed by atoms with Crippen molar-refractivity contribution in [3.8, 4) is 0 Å². The van der Waals surface area contributed by atoms with Crippen LogP contribution in [0.5, 0.6) is 0 Å². The third-order valence-electron chi connectivity index (χ3n) is 4.41. The minimum absolute atomic E-state index is 0.00614. The number of primary amides is 1. The number of benzene rings is 1. The quantitative estimate of drug-likeness (QED) is 0.290. The van der Waals surface area contributed by atoms with E-state index in [1.54, 1.807) is 0 Å². The van der Waals surface area contributed by atoms with Gasteiger partial charge in [-0.15, -0.1) is 11.8 Å². The standard InChI is InChI=1S/C18H23N3O6S/c1-11(18(24)20-13-5-3-2-4-6-13)27-16(22)10-28-15-8-7-12(17(19)23)9-14(15)21(25)26/h7-9,11,13H,2-6,10H2,1H3,(H2,19,23)(H,20,24). The molecule has 1 aliphatic rings. The predicted octanol–water partition coefficient (Wildman–Crippen LogP) is 2.17. The number of nitrogens with one attached hydrogen (secondary N) is 1. The lowest BCUT2D eigenvalue weighted by atomic mass is 9.95. The molecule has 0 saturated heterocycles. The minimum Gasteiger partial charge on any atom is -0.452 e. The fraction of sp³-hybridized carbons (Fsp3) is 0.500. The van der Waals surface area contributed by atoms with Crippen LogP contribution in [-0.2, 0) is 14.3 Å². The van der Waals surface area contributed by atoms with Crippen LogP contribution in [0.15, 0.2) is 23.1 Å². The van der Waals surface area contributed by atoms with Crippen molar-refractivity contribution in [2.24, 2.45) is 5.73 Å². The van der Waals surface area contributed by atoms with Gasteiger partial charge in [0.2, 0.25) is 5.91 Å². The van der Waals surface area contributed by atoms with E-state index >= 15 is 0 Å². The highest BCUT2D eigenvalue weighted by atomic mass is 32.2. The van der Waals surface area contributed by atoms with Crippen LogP contribution >= 0.6 is 11.8 Å². The van der Waals surface area contributed by atoms with Crippen molar-refractivity contribution in [3.05, 3.63) is 33.9 Å². The molecule has 1 unspecified atom stereocenters. The fourth-order valence-electron chi connectivity index (χ4n) is 2.92. The van der Waals surface area contributed by atoms with Crippen molar-refractivity contribution >= 4 is 35.2 Å². The molecular formula is C18H23N3O6S. The molecule has 1 atom stereocenters. The average molecular weight is 409 g/mol. The number of nitro groups is 1. The number of carbonyl (C=O) groups excluding carboxylic acids is 3. The van der Waals surface area contributed by atoms with Crippen LogP contribution in [0.2, 0.25) is 0 Å². The molecule has 3 N–H and O–H groups in total. The van der Waals surface area contributed by atoms with Gasteiger partial charge in [0.1, 0.15) is 0 Å². The maximum atomic E-state index is 12.1. The van der Waals surface area contributed by atoms with Crippen molar-refractivity contribution in [2.75, 3.05) is 5.75 Å². The Kier molecular flexibility index (Phi) is 7.80. The molecule has 1 aromatic carbocycles. The van der Waals surface area contributed by atoms with E-state index in [0.29, 0.717) is 0 Å². The van der Waals surface area contributed by atoms with E-state index < -0.39 is 22.9 Å². The SMILES string of the molecule is CC(OC(=O)CSc1ccc(C(N)=O)cc1[N+](=O)[O-])C(=O)NC1CCCCC1. The highest BCUT2D eigenvalue weighted by Gasteiger charge is 2.23. The number of carbonyl (C=O) groups is 3. The molecule has 9 nitrogen and oxygen atoms in total. The van der Waals surface area contributed by atoms with Crippen LogP contribution in [-0.4, -0.2) is 40.6 Å². The van der Waals surface area contributed by atoms with Gasteiger partial charge in [-0.1, -0.05) is 19.3 Å². The predicted molar refractivity (Wildman–Crippen MR) is 103 cm³/mol. The summed E-state index contributed by atoms with van der Waals surface area (Å²) in [6.45, 7) is 1.49. The van der Waals surface area contributed by atoms with Crippen LogP contribution in [0.3, 0.4) is 0 Å². The largest absolute Gasteiger partial charge is 0.452 e. The molecule has 0 bridgehead atoms. The minimum atomic E-state index is -0.942. The fourth-order valence-corrected chi connectivity index (χ4v) is 3.71. The molecule has 2 rings (SSSR count). The Morgan fingerprint density at radius 3 is 2.61 bits per heavy atom. The number of esters is 1. The molecule has 10 heteroatoms. The maximum absolute atomic E-state index is 12.1. The molecule has 1 saturated carbocycles. The second kappa shape index (κ2) is 10.1. The smallest absolute Gasteiger partial charge is 0.317 e. The Balaban J connectivity index is 1.88. The number of nitrogens with zero attached hydrogens (tertiary/aromatic N) is 1. The molecule has 0 aliphatic heterocycles. The van der Waals surface area contributed by atoms with Crippen LogP contribution in [0.25, 0.3) is 0 Å². The van der Waals surface area contributed by atoms with Gasteiger partial charge in [-0.2, -0.15) is 0 Å². The Morgan fingerprint density at radius 1 is 1.32 bits per heavy atom. The zero-order valence-corrected chi connectivity index (χ0v) is 16.3. The number of rotatable bonds is 8. The lowest BCUT2D eigenvalue weighted by Crippen LogP contribution is -2.43. The van der Waals surface area contributed by atoms with Crippen molar-refractivity contribution in [3.63, 3.8) is 0 Å². The molecule has 1 fully saturated rings. The third kappa shape index (κ3) is 6.22. The monoisotopic (exact) mass is 409 g/mol. The summed E-state index contributed by atoms with van der Waals surface area (Å²) >= 11 is 0.893. The summed E-state index contributed by atoms with van der Waals surface area (Å²) in [4.78, 5) is 46.0. The molecule has 1 aliphatic carbocycles. The highest BCUT2D eigenvalue weighted by Crippen LogP contribution is 2.30. The Bertz CT molecular complexity index is 764. The normalized spacial score (nSPS) is 15.5. The average Bonchev–Trinajstić information content (AvgIpc) is 2.66. The molecule has 28 heavy (non-hydrogen) atoms. The number of ether oxygens (including phenoxy) is 1. The molecule has 2 amide bonds. The van der Waals surface area contributed by atoms with Crippen LogP contribution in [0, 0.1) is 10.1 Å². The van der Waals surface area contributed by atoms with Gasteiger partial charge in [0.25, 0.3) is 11.6 Å². The van der Waals surface area contributed by atoms with Gasteiger partial charge in [-0.25, -0.2) is 0 Å². The molecular weight excluding hydrogens is 386 g/mol. The van der Waals surface area contributed by atoms with Crippen molar-refractivity contribution in [1.29, 1.82) is 0 Å². The van der Waals surface area contributed by atoms with Crippen molar-refractivity contribution < 1.29 is 24.0 Å². The van der Waals surface area contributed by atoms with Gasteiger partial charge < -0.3 is 15.8 Å². The van der Waals surface area contributed by atoms with Gasteiger partial charge in [-0.3, -0.25) is 24.5 Å². The van der Waals surface area contributed by atoms with Gasteiger partial charge >= 0.3 is 5.97 Å². The summed E-state index contributed by atoms with van der Waals surface area (Å²) < 4.78 is 5.12. The first-order chi connectivity index (χ1) is 13.3. The lowest BCUT2D eigenvalue weighted by Gasteiger charge is -2.24. The second-order valence-corrected chi connectivity index (χ2v) is 7.59. The first-order valence-corrected chi connectivity index (χ1v) is 9.97. The van der Waals surface area contributed by atoms with E-state index in [-0.39, 0.29) is 33.8 Å². The van der Waals surface area contributed by atoms with Gasteiger partial charge in [0.05, 0.1) is 15.6 Å². The summed E-state index contributed by atoms with van der Waals surface area (Å²) in [7, 11) is 0. The summed E-state index contributed by atoms with van der Waals surface area (Å²) in [5, 5.41) is 14.1. The topological polar surface area (TPSA) is 142 Å². The van der Waals surface area contributed by atoms with Crippen molar-refractivity contribution in [2.45, 2.75) is 56.1 Å². The number of hydrogen-bond donors (Lipinski definition) is 2. The summed E-state index contributed by atoms with van der Waals surface area (Å²) in [5.74, 6) is -2.00. The summed E-state index contributed by atoms with van der Waals surface area (Å²) in [5.41, 5.74) is 4.81. The highest BCUT2D eigenvalue weighted by molar-refractivity contribution is 8.00. The zero-order chi connectivity index (χ0) is 20.7.